The molecule has 0 aliphatic heterocycles. The van der Waals surface area contributed by atoms with Crippen molar-refractivity contribution in [2.24, 2.45) is 11.8 Å². The molecule has 1 fully saturated rings. The average molecular weight is 359 g/mol. The van der Waals surface area contributed by atoms with Gasteiger partial charge < -0.3 is 20.4 Å². The first-order valence-electron chi connectivity index (χ1n) is 10.2. The molecule has 1 saturated carbocycles. The Morgan fingerprint density at radius 1 is 0.960 bits per heavy atom. The Kier molecular flexibility index (Phi) is 11.3. The summed E-state index contributed by atoms with van der Waals surface area (Å²) in [7, 11) is 0. The second-order valence-corrected chi connectivity index (χ2v) is 7.73. The highest BCUT2D eigenvalue weighted by atomic mass is 16.4. The van der Waals surface area contributed by atoms with E-state index in [2.05, 4.69) is 6.92 Å². The van der Waals surface area contributed by atoms with E-state index in [1.165, 1.54) is 25.7 Å². The zero-order valence-electron chi connectivity index (χ0n) is 15.8. The van der Waals surface area contributed by atoms with Gasteiger partial charge in [-0.05, 0) is 31.6 Å². The first-order valence-corrected chi connectivity index (χ1v) is 10.2. The summed E-state index contributed by atoms with van der Waals surface area (Å²) in [5.41, 5.74) is 0. The van der Waals surface area contributed by atoms with Gasteiger partial charge in [-0.25, -0.2) is 0 Å². The lowest BCUT2D eigenvalue weighted by molar-refractivity contribution is -0.137. The van der Waals surface area contributed by atoms with Crippen molar-refractivity contribution in [2.45, 2.75) is 109 Å². The minimum absolute atomic E-state index is 0.0741. The third kappa shape index (κ3) is 8.52. The normalized spacial score (nSPS) is 27.5. The molecule has 0 aromatic heterocycles. The maximum Gasteiger partial charge on any atom is 0.303 e. The van der Waals surface area contributed by atoms with Gasteiger partial charge in [0.1, 0.15) is 0 Å². The van der Waals surface area contributed by atoms with Crippen LogP contribution in [0.2, 0.25) is 0 Å². The summed E-state index contributed by atoms with van der Waals surface area (Å²) in [6.45, 7) is 2.19. The molecule has 0 amide bonds. The summed E-state index contributed by atoms with van der Waals surface area (Å²) in [6.07, 6.45) is 9.53. The van der Waals surface area contributed by atoms with Crippen molar-refractivity contribution in [1.82, 2.24) is 0 Å². The Hall–Kier alpha value is -0.650. The number of aliphatic carboxylic acids is 1. The van der Waals surface area contributed by atoms with Gasteiger partial charge in [-0.1, -0.05) is 58.3 Å². The maximum atomic E-state index is 10.5. The molecule has 0 aromatic rings. The summed E-state index contributed by atoms with van der Waals surface area (Å²) in [5, 5.41) is 39.7. The van der Waals surface area contributed by atoms with Crippen LogP contribution < -0.4 is 0 Å². The number of aliphatic hydroxyl groups is 3. The van der Waals surface area contributed by atoms with E-state index in [1.807, 2.05) is 0 Å². The molecule has 25 heavy (non-hydrogen) atoms. The number of carboxylic acids is 1. The van der Waals surface area contributed by atoms with Gasteiger partial charge in [-0.3, -0.25) is 4.79 Å². The zero-order valence-corrected chi connectivity index (χ0v) is 15.8. The van der Waals surface area contributed by atoms with Gasteiger partial charge in [0.2, 0.25) is 0 Å². The van der Waals surface area contributed by atoms with E-state index >= 15 is 0 Å². The largest absolute Gasteiger partial charge is 0.481 e. The second kappa shape index (κ2) is 12.7. The van der Waals surface area contributed by atoms with Crippen LogP contribution in [0.15, 0.2) is 0 Å². The smallest absolute Gasteiger partial charge is 0.303 e. The van der Waals surface area contributed by atoms with Crippen LogP contribution in [0, 0.1) is 11.8 Å². The van der Waals surface area contributed by atoms with E-state index in [0.717, 1.165) is 32.1 Å². The first kappa shape index (κ1) is 22.4. The molecule has 0 heterocycles. The summed E-state index contributed by atoms with van der Waals surface area (Å²) in [5.74, 6) is -1.09. The number of carboxylic acid groups (broad SMARTS) is 1. The van der Waals surface area contributed by atoms with E-state index < -0.39 is 24.3 Å². The fourth-order valence-corrected chi connectivity index (χ4v) is 4.21. The second-order valence-electron chi connectivity index (χ2n) is 7.73. The predicted octanol–water partition coefficient (Wildman–Crippen LogP) is 3.49. The predicted molar refractivity (Wildman–Crippen MR) is 98.3 cm³/mol. The van der Waals surface area contributed by atoms with Crippen molar-refractivity contribution < 1.29 is 25.2 Å². The Labute approximate surface area is 152 Å². The van der Waals surface area contributed by atoms with Crippen molar-refractivity contribution in [3.8, 4) is 0 Å². The summed E-state index contributed by atoms with van der Waals surface area (Å²) >= 11 is 0. The highest BCUT2D eigenvalue weighted by Gasteiger charge is 2.44. The Morgan fingerprint density at radius 2 is 1.60 bits per heavy atom. The van der Waals surface area contributed by atoms with Gasteiger partial charge in [0, 0.05) is 12.3 Å². The molecule has 1 aliphatic carbocycles. The summed E-state index contributed by atoms with van der Waals surface area (Å²) < 4.78 is 0. The molecular formula is C20H38O5. The molecule has 1 rings (SSSR count). The summed E-state index contributed by atoms with van der Waals surface area (Å²) in [6, 6.07) is 0. The Balaban J connectivity index is 2.33. The van der Waals surface area contributed by atoms with Gasteiger partial charge in [-0.2, -0.15) is 0 Å². The third-order valence-electron chi connectivity index (χ3n) is 5.64. The number of unbranched alkanes of at least 4 members (excludes halogenated alkanes) is 7. The molecule has 4 N–H and O–H groups in total. The van der Waals surface area contributed by atoms with Gasteiger partial charge in [-0.15, -0.1) is 0 Å². The van der Waals surface area contributed by atoms with Gasteiger partial charge in [0.15, 0.2) is 0 Å². The molecule has 5 nitrogen and oxygen atoms in total. The molecule has 0 saturated heterocycles. The molecular weight excluding hydrogens is 320 g/mol. The monoisotopic (exact) mass is 358 g/mol. The van der Waals surface area contributed by atoms with Crippen molar-refractivity contribution >= 4 is 5.97 Å². The first-order chi connectivity index (χ1) is 12.0. The van der Waals surface area contributed by atoms with Crippen molar-refractivity contribution in [2.75, 3.05) is 0 Å². The number of hydrogen-bond acceptors (Lipinski definition) is 4. The number of aliphatic hydroxyl groups excluding tert-OH is 3. The molecule has 5 atom stereocenters. The molecule has 148 valence electrons. The van der Waals surface area contributed by atoms with E-state index in [9.17, 15) is 20.1 Å². The van der Waals surface area contributed by atoms with Crippen molar-refractivity contribution in [1.29, 1.82) is 0 Å². The fraction of sp³-hybridized carbons (Fsp3) is 0.950. The molecule has 0 bridgehead atoms. The topological polar surface area (TPSA) is 98.0 Å². The van der Waals surface area contributed by atoms with Crippen LogP contribution in [0.4, 0.5) is 0 Å². The number of hydrogen-bond donors (Lipinski definition) is 4. The summed E-state index contributed by atoms with van der Waals surface area (Å²) in [4.78, 5) is 10.5. The minimum atomic E-state index is -0.774. The Bertz CT molecular complexity index is 360. The minimum Gasteiger partial charge on any atom is -0.481 e. The number of rotatable bonds is 14. The van der Waals surface area contributed by atoms with Crippen LogP contribution in [-0.4, -0.2) is 44.7 Å². The lowest BCUT2D eigenvalue weighted by atomic mass is 9.83. The highest BCUT2D eigenvalue weighted by molar-refractivity contribution is 5.66. The lowest BCUT2D eigenvalue weighted by Crippen LogP contribution is -2.33. The van der Waals surface area contributed by atoms with Crippen LogP contribution in [0.25, 0.3) is 0 Å². The van der Waals surface area contributed by atoms with Crippen LogP contribution in [0.5, 0.6) is 0 Å². The van der Waals surface area contributed by atoms with Gasteiger partial charge in [0.05, 0.1) is 18.3 Å². The molecule has 1 aliphatic rings. The average Bonchev–Trinajstić information content (AvgIpc) is 2.83. The van der Waals surface area contributed by atoms with Crippen LogP contribution in [-0.2, 0) is 4.79 Å². The molecule has 5 unspecified atom stereocenters. The van der Waals surface area contributed by atoms with Crippen LogP contribution >= 0.6 is 0 Å². The highest BCUT2D eigenvalue weighted by Crippen LogP contribution is 2.39. The van der Waals surface area contributed by atoms with Crippen molar-refractivity contribution in [3.05, 3.63) is 0 Å². The van der Waals surface area contributed by atoms with E-state index in [4.69, 9.17) is 5.11 Å². The van der Waals surface area contributed by atoms with E-state index in [1.54, 1.807) is 0 Å². The van der Waals surface area contributed by atoms with Gasteiger partial charge >= 0.3 is 5.97 Å². The Morgan fingerprint density at radius 3 is 2.28 bits per heavy atom. The standard InChI is InChI=1S/C20H38O5/c1-2-3-4-5-6-9-12-16(21)20-15(17(22)14-18(20)23)11-8-7-10-13-19(24)25/h15-18,20-23H,2-14H2,1H3,(H,24,25). The van der Waals surface area contributed by atoms with E-state index in [0.29, 0.717) is 19.3 Å². The molecule has 0 aromatic carbocycles. The quantitative estimate of drug-likeness (QED) is 0.356. The maximum absolute atomic E-state index is 10.5. The molecule has 0 spiro atoms. The van der Waals surface area contributed by atoms with Crippen molar-refractivity contribution in [3.63, 3.8) is 0 Å². The number of carbonyl (C=O) groups is 1. The SMILES string of the molecule is CCCCCCCCC(O)C1C(O)CC(O)C1CCCCCC(=O)O. The molecule has 5 heteroatoms. The van der Waals surface area contributed by atoms with E-state index in [-0.39, 0.29) is 18.3 Å². The fourth-order valence-electron chi connectivity index (χ4n) is 4.21. The van der Waals surface area contributed by atoms with Crippen LogP contribution in [0.3, 0.4) is 0 Å². The van der Waals surface area contributed by atoms with Crippen LogP contribution in [0.1, 0.15) is 90.4 Å². The lowest BCUT2D eigenvalue weighted by Gasteiger charge is -2.28. The third-order valence-corrected chi connectivity index (χ3v) is 5.64. The molecule has 0 radical (unpaired) electrons. The zero-order chi connectivity index (χ0) is 18.7. The van der Waals surface area contributed by atoms with Gasteiger partial charge in [0.25, 0.3) is 0 Å².